The third-order valence-electron chi connectivity index (χ3n) is 3.98. The largest absolute Gasteiger partial charge is 0.399 e. The Morgan fingerprint density at radius 2 is 2.05 bits per heavy atom. The first-order chi connectivity index (χ1) is 10.1. The maximum atomic E-state index is 12.6. The molecule has 1 aliphatic carbocycles. The standard InChI is InChI=1S/C16H18F2N2S/c1-9-12(11(10-2-3-10)4-5-13(9)19)8-20-15-7-6-14(21-15)16(17)18/h4-7,10,16,20H,2-3,8,19H2,1H3. The average Bonchev–Trinajstić information content (AvgIpc) is 3.18. The SMILES string of the molecule is Cc1c(N)ccc(C2CC2)c1CNc1ccc(C(F)F)s1. The molecule has 5 heteroatoms. The summed E-state index contributed by atoms with van der Waals surface area (Å²) in [5.74, 6) is 0.640. The molecular formula is C16H18F2N2S. The minimum atomic E-state index is -2.40. The number of benzene rings is 1. The lowest BCUT2D eigenvalue weighted by Crippen LogP contribution is -2.06. The smallest absolute Gasteiger partial charge is 0.272 e. The average molecular weight is 308 g/mol. The number of hydrogen-bond acceptors (Lipinski definition) is 3. The van der Waals surface area contributed by atoms with Gasteiger partial charge in [-0.15, -0.1) is 11.3 Å². The quantitative estimate of drug-likeness (QED) is 0.757. The van der Waals surface area contributed by atoms with Crippen LogP contribution in [0.25, 0.3) is 0 Å². The molecule has 2 nitrogen and oxygen atoms in total. The number of nitrogens with one attached hydrogen (secondary N) is 1. The van der Waals surface area contributed by atoms with Crippen LogP contribution in [0.15, 0.2) is 24.3 Å². The highest BCUT2D eigenvalue weighted by molar-refractivity contribution is 7.16. The van der Waals surface area contributed by atoms with Gasteiger partial charge < -0.3 is 11.1 Å². The molecule has 1 aliphatic rings. The number of halogens is 2. The normalized spacial score (nSPS) is 14.7. The highest BCUT2D eigenvalue weighted by atomic mass is 32.1. The molecule has 3 rings (SSSR count). The summed E-state index contributed by atoms with van der Waals surface area (Å²) < 4.78 is 25.2. The summed E-state index contributed by atoms with van der Waals surface area (Å²) in [5, 5.41) is 4.03. The number of nitrogens with two attached hydrogens (primary N) is 1. The molecule has 0 spiro atoms. The lowest BCUT2D eigenvalue weighted by molar-refractivity contribution is 0.155. The first-order valence-corrected chi connectivity index (χ1v) is 7.87. The van der Waals surface area contributed by atoms with Crippen LogP contribution < -0.4 is 11.1 Å². The van der Waals surface area contributed by atoms with E-state index in [9.17, 15) is 8.78 Å². The second-order valence-electron chi connectivity index (χ2n) is 5.48. The molecule has 0 bridgehead atoms. The molecule has 1 saturated carbocycles. The molecule has 112 valence electrons. The van der Waals surface area contributed by atoms with Gasteiger partial charge in [0.05, 0.1) is 9.88 Å². The second-order valence-corrected chi connectivity index (χ2v) is 6.59. The van der Waals surface area contributed by atoms with Crippen LogP contribution in [0, 0.1) is 6.92 Å². The summed E-state index contributed by atoms with van der Waals surface area (Å²) >= 11 is 1.11. The van der Waals surface area contributed by atoms with Gasteiger partial charge in [0.15, 0.2) is 0 Å². The van der Waals surface area contributed by atoms with Crippen molar-refractivity contribution in [2.24, 2.45) is 0 Å². The zero-order chi connectivity index (χ0) is 15.0. The van der Waals surface area contributed by atoms with E-state index in [1.54, 1.807) is 6.07 Å². The van der Waals surface area contributed by atoms with Gasteiger partial charge in [0, 0.05) is 12.2 Å². The fourth-order valence-corrected chi connectivity index (χ4v) is 3.31. The monoisotopic (exact) mass is 308 g/mol. The van der Waals surface area contributed by atoms with Crippen LogP contribution in [0.1, 0.15) is 46.8 Å². The molecule has 1 heterocycles. The summed E-state index contributed by atoms with van der Waals surface area (Å²) in [4.78, 5) is 0.101. The van der Waals surface area contributed by atoms with Crippen LogP contribution >= 0.6 is 11.3 Å². The Morgan fingerprint density at radius 1 is 1.29 bits per heavy atom. The highest BCUT2D eigenvalue weighted by Gasteiger charge is 2.27. The lowest BCUT2D eigenvalue weighted by atomic mass is 9.97. The predicted octanol–water partition coefficient (Wildman–Crippen LogP) is 5.07. The van der Waals surface area contributed by atoms with Gasteiger partial charge in [-0.05, 0) is 60.6 Å². The Balaban J connectivity index is 1.79. The molecule has 1 aromatic carbocycles. The topological polar surface area (TPSA) is 38.0 Å². The molecule has 1 aromatic heterocycles. The molecular weight excluding hydrogens is 290 g/mol. The minimum Gasteiger partial charge on any atom is -0.399 e. The summed E-state index contributed by atoms with van der Waals surface area (Å²) in [6.07, 6.45) is 0.0529. The van der Waals surface area contributed by atoms with Crippen molar-refractivity contribution in [1.82, 2.24) is 0 Å². The van der Waals surface area contributed by atoms with Gasteiger partial charge in [-0.1, -0.05) is 6.07 Å². The molecule has 3 N–H and O–H groups in total. The van der Waals surface area contributed by atoms with Crippen molar-refractivity contribution >= 4 is 22.0 Å². The summed E-state index contributed by atoms with van der Waals surface area (Å²) in [7, 11) is 0. The van der Waals surface area contributed by atoms with E-state index in [2.05, 4.69) is 11.4 Å². The molecule has 0 unspecified atom stereocenters. The van der Waals surface area contributed by atoms with Crippen LogP contribution in [0.3, 0.4) is 0 Å². The Bertz CT molecular complexity index is 648. The number of rotatable bonds is 5. The van der Waals surface area contributed by atoms with E-state index in [0.29, 0.717) is 12.5 Å². The van der Waals surface area contributed by atoms with Gasteiger partial charge in [0.2, 0.25) is 0 Å². The van der Waals surface area contributed by atoms with Gasteiger partial charge in [-0.3, -0.25) is 0 Å². The first kappa shape index (κ1) is 14.3. The molecule has 1 fully saturated rings. The number of anilines is 2. The van der Waals surface area contributed by atoms with Gasteiger partial charge in [0.25, 0.3) is 6.43 Å². The predicted molar refractivity (Wildman–Crippen MR) is 84.2 cm³/mol. The van der Waals surface area contributed by atoms with Crippen LogP contribution in [0.4, 0.5) is 19.5 Å². The van der Waals surface area contributed by atoms with E-state index in [-0.39, 0.29) is 4.88 Å². The van der Waals surface area contributed by atoms with Crippen LogP contribution in [0.2, 0.25) is 0 Å². The van der Waals surface area contributed by atoms with E-state index in [4.69, 9.17) is 5.73 Å². The first-order valence-electron chi connectivity index (χ1n) is 7.06. The van der Waals surface area contributed by atoms with Gasteiger partial charge >= 0.3 is 0 Å². The molecule has 0 atom stereocenters. The third kappa shape index (κ3) is 3.02. The van der Waals surface area contributed by atoms with E-state index in [0.717, 1.165) is 27.6 Å². The van der Waals surface area contributed by atoms with Crippen molar-refractivity contribution in [3.63, 3.8) is 0 Å². The van der Waals surface area contributed by atoms with E-state index < -0.39 is 6.43 Å². The maximum Gasteiger partial charge on any atom is 0.272 e. The van der Waals surface area contributed by atoms with Crippen molar-refractivity contribution in [2.45, 2.75) is 38.7 Å². The number of hydrogen-bond donors (Lipinski definition) is 2. The van der Waals surface area contributed by atoms with Crippen LogP contribution in [0.5, 0.6) is 0 Å². The van der Waals surface area contributed by atoms with Gasteiger partial charge in [0.1, 0.15) is 0 Å². The molecule has 2 aromatic rings. The van der Waals surface area contributed by atoms with Crippen molar-refractivity contribution in [3.05, 3.63) is 45.8 Å². The van der Waals surface area contributed by atoms with E-state index in [1.165, 1.54) is 30.0 Å². The van der Waals surface area contributed by atoms with Gasteiger partial charge in [-0.2, -0.15) is 0 Å². The summed E-state index contributed by atoms with van der Waals surface area (Å²) in [6, 6.07) is 7.26. The maximum absolute atomic E-state index is 12.6. The Kier molecular flexibility index (Phi) is 3.85. The van der Waals surface area contributed by atoms with Crippen molar-refractivity contribution in [3.8, 4) is 0 Å². The highest BCUT2D eigenvalue weighted by Crippen LogP contribution is 2.43. The summed E-state index contributed by atoms with van der Waals surface area (Å²) in [6.45, 7) is 2.66. The Hall–Kier alpha value is -1.62. The number of thiophene rings is 1. The fraction of sp³-hybridized carbons (Fsp3) is 0.375. The zero-order valence-electron chi connectivity index (χ0n) is 11.8. The lowest BCUT2D eigenvalue weighted by Gasteiger charge is -2.15. The molecule has 0 radical (unpaired) electrons. The zero-order valence-corrected chi connectivity index (χ0v) is 12.6. The van der Waals surface area contributed by atoms with Crippen molar-refractivity contribution in [1.29, 1.82) is 0 Å². The Morgan fingerprint density at radius 3 is 2.67 bits per heavy atom. The summed E-state index contributed by atoms with van der Waals surface area (Å²) in [5.41, 5.74) is 10.4. The van der Waals surface area contributed by atoms with Gasteiger partial charge in [-0.25, -0.2) is 8.78 Å². The third-order valence-corrected chi connectivity index (χ3v) is 5.03. The van der Waals surface area contributed by atoms with Crippen LogP contribution in [-0.4, -0.2) is 0 Å². The van der Waals surface area contributed by atoms with E-state index in [1.807, 2.05) is 13.0 Å². The van der Waals surface area contributed by atoms with Crippen molar-refractivity contribution < 1.29 is 8.78 Å². The number of nitrogen functional groups attached to an aromatic ring is 1. The second kappa shape index (κ2) is 5.64. The fourth-order valence-electron chi connectivity index (χ4n) is 2.55. The molecule has 0 amide bonds. The van der Waals surface area contributed by atoms with Crippen LogP contribution in [-0.2, 0) is 6.54 Å². The minimum absolute atomic E-state index is 0.101. The molecule has 0 aliphatic heterocycles. The Labute approximate surface area is 127 Å². The molecule has 0 saturated heterocycles. The van der Waals surface area contributed by atoms with Crippen molar-refractivity contribution in [2.75, 3.05) is 11.1 Å². The van der Waals surface area contributed by atoms with E-state index >= 15 is 0 Å². The molecule has 21 heavy (non-hydrogen) atoms. The number of alkyl halides is 2.